The van der Waals surface area contributed by atoms with Gasteiger partial charge in [0.25, 0.3) is 0 Å². The summed E-state index contributed by atoms with van der Waals surface area (Å²) >= 11 is 2.18. The van der Waals surface area contributed by atoms with E-state index in [2.05, 4.69) is 27.6 Å². The van der Waals surface area contributed by atoms with Gasteiger partial charge in [-0.25, -0.2) is 9.78 Å². The molecular formula is C12H13IN2O2. The number of rotatable bonds is 2. The molecule has 0 unspecified atom stereocenters. The summed E-state index contributed by atoms with van der Waals surface area (Å²) in [7, 11) is 1.94. The van der Waals surface area contributed by atoms with E-state index in [4.69, 9.17) is 4.74 Å². The lowest BCUT2D eigenvalue weighted by molar-refractivity contribution is 0.0524. The summed E-state index contributed by atoms with van der Waals surface area (Å²) in [6, 6.07) is 1.96. The van der Waals surface area contributed by atoms with Gasteiger partial charge in [0.05, 0.1) is 17.9 Å². The fraction of sp³-hybridized carbons (Fsp3) is 0.333. The lowest BCUT2D eigenvalue weighted by atomic mass is 10.1. The summed E-state index contributed by atoms with van der Waals surface area (Å²) < 4.78 is 7.91. The quantitative estimate of drug-likeness (QED) is 0.622. The van der Waals surface area contributed by atoms with Gasteiger partial charge >= 0.3 is 5.97 Å². The third-order valence-corrected chi connectivity index (χ3v) is 3.73. The Hall–Kier alpha value is -1.11. The number of halogens is 1. The highest BCUT2D eigenvalue weighted by Crippen LogP contribution is 2.26. The molecule has 0 saturated heterocycles. The second-order valence-electron chi connectivity index (χ2n) is 3.77. The van der Waals surface area contributed by atoms with Crippen LogP contribution >= 0.6 is 22.6 Å². The molecule has 4 nitrogen and oxygen atoms in total. The normalized spacial score (nSPS) is 10.8. The van der Waals surface area contributed by atoms with Crippen LogP contribution in [0.25, 0.3) is 11.0 Å². The molecule has 0 atom stereocenters. The van der Waals surface area contributed by atoms with E-state index in [1.54, 1.807) is 6.92 Å². The number of carbonyl (C=O) groups is 1. The first-order chi connectivity index (χ1) is 8.06. The predicted octanol–water partition coefficient (Wildman–Crippen LogP) is 2.66. The van der Waals surface area contributed by atoms with E-state index < -0.39 is 0 Å². The average molecular weight is 344 g/mol. The topological polar surface area (TPSA) is 44.1 Å². The third-order valence-electron chi connectivity index (χ3n) is 2.61. The Morgan fingerprint density at radius 2 is 2.29 bits per heavy atom. The van der Waals surface area contributed by atoms with Crippen molar-refractivity contribution in [3.63, 3.8) is 0 Å². The van der Waals surface area contributed by atoms with Crippen LogP contribution in [0.15, 0.2) is 12.3 Å². The molecule has 0 radical (unpaired) electrons. The molecule has 90 valence electrons. The van der Waals surface area contributed by atoms with E-state index in [9.17, 15) is 4.79 Å². The van der Waals surface area contributed by atoms with Crippen LogP contribution in [0, 0.1) is 10.5 Å². The van der Waals surface area contributed by atoms with E-state index in [-0.39, 0.29) is 5.97 Å². The summed E-state index contributed by atoms with van der Waals surface area (Å²) in [6.45, 7) is 4.01. The Morgan fingerprint density at radius 1 is 1.59 bits per heavy atom. The number of aryl methyl sites for hydroxylation is 2. The SMILES string of the molecule is CCOC(=O)c1c(C)nc2c(ccn2C)c1I. The molecule has 5 heteroatoms. The van der Waals surface area contributed by atoms with Crippen LogP contribution in [0.5, 0.6) is 0 Å². The fourth-order valence-electron chi connectivity index (χ4n) is 1.78. The Morgan fingerprint density at radius 3 is 2.94 bits per heavy atom. The van der Waals surface area contributed by atoms with Gasteiger partial charge < -0.3 is 9.30 Å². The summed E-state index contributed by atoms with van der Waals surface area (Å²) in [5.41, 5.74) is 2.17. The molecule has 2 aromatic heterocycles. The maximum atomic E-state index is 11.9. The first kappa shape index (κ1) is 12.3. The van der Waals surface area contributed by atoms with Crippen molar-refractivity contribution >= 4 is 39.6 Å². The van der Waals surface area contributed by atoms with Gasteiger partial charge in [0.15, 0.2) is 0 Å². The Labute approximate surface area is 113 Å². The van der Waals surface area contributed by atoms with Crippen LogP contribution < -0.4 is 0 Å². The number of hydrogen-bond donors (Lipinski definition) is 0. The van der Waals surface area contributed by atoms with Gasteiger partial charge in [-0.2, -0.15) is 0 Å². The van der Waals surface area contributed by atoms with Crippen molar-refractivity contribution in [1.29, 1.82) is 0 Å². The van der Waals surface area contributed by atoms with E-state index in [1.807, 2.05) is 30.8 Å². The maximum absolute atomic E-state index is 11.9. The summed E-state index contributed by atoms with van der Waals surface area (Å²) in [5.74, 6) is -0.298. The molecule has 17 heavy (non-hydrogen) atoms. The first-order valence-corrected chi connectivity index (χ1v) is 6.42. The van der Waals surface area contributed by atoms with E-state index in [1.165, 1.54) is 0 Å². The molecule has 0 bridgehead atoms. The van der Waals surface area contributed by atoms with Crippen LogP contribution in [0.2, 0.25) is 0 Å². The van der Waals surface area contributed by atoms with Gasteiger partial charge in [-0.3, -0.25) is 0 Å². The van der Waals surface area contributed by atoms with Crippen molar-refractivity contribution in [2.24, 2.45) is 7.05 Å². The minimum atomic E-state index is -0.298. The minimum Gasteiger partial charge on any atom is -0.462 e. The van der Waals surface area contributed by atoms with Gasteiger partial charge in [-0.1, -0.05) is 0 Å². The maximum Gasteiger partial charge on any atom is 0.341 e. The van der Waals surface area contributed by atoms with Gasteiger partial charge in [-0.05, 0) is 42.5 Å². The van der Waals surface area contributed by atoms with Crippen molar-refractivity contribution in [2.45, 2.75) is 13.8 Å². The van der Waals surface area contributed by atoms with E-state index in [0.717, 1.165) is 14.6 Å². The lowest BCUT2D eigenvalue weighted by Crippen LogP contribution is -2.11. The Kier molecular flexibility index (Phi) is 3.37. The zero-order valence-corrected chi connectivity index (χ0v) is 12.1. The standard InChI is InChI=1S/C12H13IN2O2/c1-4-17-12(16)9-7(2)14-11-8(10(9)13)5-6-15(11)3/h5-6H,4H2,1-3H3. The van der Waals surface area contributed by atoms with Gasteiger partial charge in [-0.15, -0.1) is 0 Å². The van der Waals surface area contributed by atoms with Crippen molar-refractivity contribution in [3.05, 3.63) is 27.1 Å². The highest BCUT2D eigenvalue weighted by Gasteiger charge is 2.19. The molecule has 0 saturated carbocycles. The second-order valence-corrected chi connectivity index (χ2v) is 4.85. The monoisotopic (exact) mass is 344 g/mol. The molecule has 0 aliphatic carbocycles. The zero-order valence-electron chi connectivity index (χ0n) is 9.95. The smallest absolute Gasteiger partial charge is 0.341 e. The van der Waals surface area contributed by atoms with Crippen molar-refractivity contribution in [1.82, 2.24) is 9.55 Å². The Balaban J connectivity index is 2.68. The van der Waals surface area contributed by atoms with Crippen LogP contribution in [-0.4, -0.2) is 22.1 Å². The van der Waals surface area contributed by atoms with Gasteiger partial charge in [0.2, 0.25) is 0 Å². The second kappa shape index (κ2) is 4.64. The molecule has 0 aliphatic heterocycles. The van der Waals surface area contributed by atoms with E-state index >= 15 is 0 Å². The van der Waals surface area contributed by atoms with E-state index in [0.29, 0.717) is 17.9 Å². The number of carbonyl (C=O) groups excluding carboxylic acids is 1. The number of hydrogen-bond acceptors (Lipinski definition) is 3. The van der Waals surface area contributed by atoms with Crippen LogP contribution in [0.1, 0.15) is 23.0 Å². The van der Waals surface area contributed by atoms with Crippen molar-refractivity contribution in [2.75, 3.05) is 6.61 Å². The Bertz CT molecular complexity index is 590. The van der Waals surface area contributed by atoms with Crippen LogP contribution in [0.3, 0.4) is 0 Å². The number of aromatic nitrogens is 2. The highest BCUT2D eigenvalue weighted by molar-refractivity contribution is 14.1. The minimum absolute atomic E-state index is 0.298. The number of esters is 1. The number of pyridine rings is 1. The number of nitrogens with zero attached hydrogens (tertiary/aromatic N) is 2. The molecule has 0 amide bonds. The molecule has 0 spiro atoms. The van der Waals surface area contributed by atoms with Crippen molar-refractivity contribution < 1.29 is 9.53 Å². The molecule has 2 heterocycles. The molecular weight excluding hydrogens is 331 g/mol. The predicted molar refractivity (Wildman–Crippen MR) is 74.1 cm³/mol. The van der Waals surface area contributed by atoms with Gasteiger partial charge in [0.1, 0.15) is 5.65 Å². The first-order valence-electron chi connectivity index (χ1n) is 5.34. The third kappa shape index (κ3) is 2.03. The van der Waals surface area contributed by atoms with Crippen molar-refractivity contribution in [3.8, 4) is 0 Å². The zero-order chi connectivity index (χ0) is 12.6. The largest absolute Gasteiger partial charge is 0.462 e. The van der Waals surface area contributed by atoms with Gasteiger partial charge in [0, 0.05) is 22.2 Å². The molecule has 0 fully saturated rings. The summed E-state index contributed by atoms with van der Waals surface area (Å²) in [6.07, 6.45) is 1.94. The molecule has 0 N–H and O–H groups in total. The molecule has 0 aromatic carbocycles. The lowest BCUT2D eigenvalue weighted by Gasteiger charge is -2.08. The number of ether oxygens (including phenoxy) is 1. The average Bonchev–Trinajstić information content (AvgIpc) is 2.61. The summed E-state index contributed by atoms with van der Waals surface area (Å²) in [5, 5.41) is 0.988. The fourth-order valence-corrected chi connectivity index (χ4v) is 2.81. The number of fused-ring (bicyclic) bond motifs is 1. The molecule has 0 aliphatic rings. The highest BCUT2D eigenvalue weighted by atomic mass is 127. The van der Waals surface area contributed by atoms with Crippen LogP contribution in [-0.2, 0) is 11.8 Å². The summed E-state index contributed by atoms with van der Waals surface area (Å²) in [4.78, 5) is 16.3. The van der Waals surface area contributed by atoms with Crippen LogP contribution in [0.4, 0.5) is 0 Å². The molecule has 2 rings (SSSR count). The molecule has 2 aromatic rings.